The van der Waals surface area contributed by atoms with Crippen LogP contribution in [0, 0.1) is 0 Å². The lowest BCUT2D eigenvalue weighted by atomic mass is 10.00. The van der Waals surface area contributed by atoms with Gasteiger partial charge in [-0.25, -0.2) is 0 Å². The van der Waals surface area contributed by atoms with Crippen molar-refractivity contribution < 1.29 is 0 Å². The summed E-state index contributed by atoms with van der Waals surface area (Å²) in [7, 11) is 0. The molecule has 78 valence electrons. The van der Waals surface area contributed by atoms with Crippen molar-refractivity contribution in [3.8, 4) is 0 Å². The van der Waals surface area contributed by atoms with Crippen molar-refractivity contribution in [2.45, 2.75) is 0 Å². The van der Waals surface area contributed by atoms with E-state index in [1.54, 1.807) is 0 Å². The third kappa shape index (κ3) is 1.20. The van der Waals surface area contributed by atoms with Gasteiger partial charge in [-0.2, -0.15) is 0 Å². The van der Waals surface area contributed by atoms with E-state index in [0.29, 0.717) is 0 Å². The van der Waals surface area contributed by atoms with Gasteiger partial charge in [0.1, 0.15) is 0 Å². The zero-order valence-corrected chi connectivity index (χ0v) is 8.77. The highest BCUT2D eigenvalue weighted by molar-refractivity contribution is 6.13. The summed E-state index contributed by atoms with van der Waals surface area (Å²) in [5.74, 6) is 0. The molecule has 3 aromatic rings. The molecule has 0 spiro atoms. The molecule has 0 aliphatic carbocycles. The molecule has 2 nitrogen and oxygen atoms in total. The second-order valence-corrected chi connectivity index (χ2v) is 3.99. The number of hydrogen-bond donors (Lipinski definition) is 2. The van der Waals surface area contributed by atoms with Gasteiger partial charge in [0.2, 0.25) is 0 Å². The summed E-state index contributed by atoms with van der Waals surface area (Å²) < 4.78 is 0. The molecule has 0 aromatic heterocycles. The van der Waals surface area contributed by atoms with Crippen molar-refractivity contribution in [1.29, 1.82) is 0 Å². The van der Waals surface area contributed by atoms with Crippen molar-refractivity contribution in [2.24, 2.45) is 0 Å². The van der Waals surface area contributed by atoms with Gasteiger partial charge >= 0.3 is 0 Å². The van der Waals surface area contributed by atoms with Crippen LogP contribution >= 0.6 is 0 Å². The quantitative estimate of drug-likeness (QED) is 0.440. The molecular weight excluding hydrogens is 196 g/mol. The van der Waals surface area contributed by atoms with E-state index >= 15 is 0 Å². The monoisotopic (exact) mass is 208 g/mol. The van der Waals surface area contributed by atoms with E-state index in [0.717, 1.165) is 27.5 Å². The summed E-state index contributed by atoms with van der Waals surface area (Å²) in [6.07, 6.45) is 0. The minimum Gasteiger partial charge on any atom is -0.399 e. The Kier molecular flexibility index (Phi) is 1.77. The Labute approximate surface area is 93.5 Å². The number of benzene rings is 3. The summed E-state index contributed by atoms with van der Waals surface area (Å²) >= 11 is 0. The van der Waals surface area contributed by atoms with Gasteiger partial charge in [-0.1, -0.05) is 30.3 Å². The van der Waals surface area contributed by atoms with E-state index in [-0.39, 0.29) is 0 Å². The molecule has 0 fully saturated rings. The van der Waals surface area contributed by atoms with Gasteiger partial charge in [-0.05, 0) is 34.4 Å². The molecule has 2 heteroatoms. The van der Waals surface area contributed by atoms with Crippen molar-refractivity contribution in [1.82, 2.24) is 0 Å². The third-order valence-electron chi connectivity index (χ3n) is 2.92. The van der Waals surface area contributed by atoms with E-state index in [1.807, 2.05) is 36.4 Å². The van der Waals surface area contributed by atoms with Gasteiger partial charge in [0.15, 0.2) is 0 Å². The molecule has 0 atom stereocenters. The number of nitrogens with two attached hydrogens (primary N) is 2. The minimum absolute atomic E-state index is 0.767. The Morgan fingerprint density at radius 3 is 2.38 bits per heavy atom. The Hall–Kier alpha value is -2.22. The molecule has 0 aliphatic heterocycles. The van der Waals surface area contributed by atoms with Gasteiger partial charge in [-0.3, -0.25) is 0 Å². The van der Waals surface area contributed by atoms with Crippen LogP contribution in [0.2, 0.25) is 0 Å². The Morgan fingerprint density at radius 2 is 1.50 bits per heavy atom. The fourth-order valence-corrected chi connectivity index (χ4v) is 2.15. The van der Waals surface area contributed by atoms with Crippen LogP contribution in [0.3, 0.4) is 0 Å². The summed E-state index contributed by atoms with van der Waals surface area (Å²) in [5.41, 5.74) is 13.4. The van der Waals surface area contributed by atoms with Gasteiger partial charge in [0, 0.05) is 16.8 Å². The standard InChI is InChI=1S/C14H12N2/c15-10-5-6-12-13(8-10)11-4-2-1-3-9(11)7-14(12)16/h1-8H,15-16H2. The van der Waals surface area contributed by atoms with E-state index in [1.165, 1.54) is 5.39 Å². The predicted octanol–water partition coefficient (Wildman–Crippen LogP) is 3.16. The highest BCUT2D eigenvalue weighted by Gasteiger charge is 2.03. The average Bonchev–Trinajstić information content (AvgIpc) is 2.29. The lowest BCUT2D eigenvalue weighted by Crippen LogP contribution is -1.90. The van der Waals surface area contributed by atoms with Crippen molar-refractivity contribution >= 4 is 32.9 Å². The molecule has 4 N–H and O–H groups in total. The van der Waals surface area contributed by atoms with Crippen LogP contribution in [0.15, 0.2) is 48.5 Å². The maximum absolute atomic E-state index is 6.03. The van der Waals surface area contributed by atoms with Gasteiger partial charge < -0.3 is 11.5 Å². The fourth-order valence-electron chi connectivity index (χ4n) is 2.15. The number of rotatable bonds is 0. The van der Waals surface area contributed by atoms with Gasteiger partial charge in [-0.15, -0.1) is 0 Å². The average molecular weight is 208 g/mol. The maximum atomic E-state index is 6.03. The molecule has 0 heterocycles. The lowest BCUT2D eigenvalue weighted by molar-refractivity contribution is 1.73. The summed E-state index contributed by atoms with van der Waals surface area (Å²) in [4.78, 5) is 0. The Balaban J connectivity index is 2.61. The van der Waals surface area contributed by atoms with Crippen LogP contribution in [0.5, 0.6) is 0 Å². The molecule has 0 amide bonds. The molecule has 0 saturated carbocycles. The Morgan fingerprint density at radius 1 is 0.688 bits per heavy atom. The third-order valence-corrected chi connectivity index (χ3v) is 2.92. The van der Waals surface area contributed by atoms with Crippen LogP contribution in [0.4, 0.5) is 11.4 Å². The molecule has 0 bridgehead atoms. The molecule has 0 saturated heterocycles. The molecular formula is C14H12N2. The van der Waals surface area contributed by atoms with Gasteiger partial charge in [0.25, 0.3) is 0 Å². The Bertz CT molecular complexity index is 687. The number of hydrogen-bond acceptors (Lipinski definition) is 2. The first kappa shape index (κ1) is 9.04. The number of fused-ring (bicyclic) bond motifs is 3. The van der Waals surface area contributed by atoms with Crippen LogP contribution < -0.4 is 11.5 Å². The van der Waals surface area contributed by atoms with Crippen molar-refractivity contribution in [3.05, 3.63) is 48.5 Å². The van der Waals surface area contributed by atoms with Crippen molar-refractivity contribution in [2.75, 3.05) is 11.5 Å². The maximum Gasteiger partial charge on any atom is 0.0400 e. The zero-order valence-electron chi connectivity index (χ0n) is 8.77. The second kappa shape index (κ2) is 3.14. The molecule has 0 unspecified atom stereocenters. The highest BCUT2D eigenvalue weighted by Crippen LogP contribution is 2.31. The second-order valence-electron chi connectivity index (χ2n) is 3.99. The van der Waals surface area contributed by atoms with E-state index in [9.17, 15) is 0 Å². The summed E-state index contributed by atoms with van der Waals surface area (Å²) in [6.45, 7) is 0. The van der Waals surface area contributed by atoms with Crippen LogP contribution in [0.1, 0.15) is 0 Å². The SMILES string of the molecule is Nc1ccc2c(N)cc3ccccc3c2c1. The van der Waals surface area contributed by atoms with Gasteiger partial charge in [0.05, 0.1) is 0 Å². The highest BCUT2D eigenvalue weighted by atomic mass is 14.6. The predicted molar refractivity (Wildman–Crippen MR) is 70.3 cm³/mol. The first-order chi connectivity index (χ1) is 7.75. The summed E-state index contributed by atoms with van der Waals surface area (Å²) in [5, 5.41) is 4.53. The summed E-state index contributed by atoms with van der Waals surface area (Å²) in [6, 6.07) is 16.0. The first-order valence-corrected chi connectivity index (χ1v) is 5.22. The largest absolute Gasteiger partial charge is 0.399 e. The minimum atomic E-state index is 0.767. The topological polar surface area (TPSA) is 52.0 Å². The molecule has 3 aromatic carbocycles. The molecule has 0 aliphatic rings. The van der Waals surface area contributed by atoms with Crippen LogP contribution in [0.25, 0.3) is 21.5 Å². The normalized spacial score (nSPS) is 11.0. The molecule has 0 radical (unpaired) electrons. The van der Waals surface area contributed by atoms with Crippen LogP contribution in [-0.4, -0.2) is 0 Å². The lowest BCUT2D eigenvalue weighted by Gasteiger charge is -2.07. The molecule has 3 rings (SSSR count). The van der Waals surface area contributed by atoms with Crippen LogP contribution in [-0.2, 0) is 0 Å². The van der Waals surface area contributed by atoms with Crippen molar-refractivity contribution in [3.63, 3.8) is 0 Å². The number of anilines is 2. The fraction of sp³-hybridized carbons (Fsp3) is 0. The molecule has 16 heavy (non-hydrogen) atoms. The zero-order chi connectivity index (χ0) is 11.1. The van der Waals surface area contributed by atoms with E-state index in [4.69, 9.17) is 11.5 Å². The number of nitrogen functional groups attached to an aromatic ring is 2. The first-order valence-electron chi connectivity index (χ1n) is 5.22. The van der Waals surface area contributed by atoms with E-state index in [2.05, 4.69) is 12.1 Å². The van der Waals surface area contributed by atoms with E-state index < -0.39 is 0 Å². The smallest absolute Gasteiger partial charge is 0.0400 e.